The third-order valence-electron chi connectivity index (χ3n) is 7.13. The van der Waals surface area contributed by atoms with Crippen LogP contribution in [-0.2, 0) is 23.7 Å². The third kappa shape index (κ3) is 3.95. The summed E-state index contributed by atoms with van der Waals surface area (Å²) >= 11 is 1.25. The third-order valence-corrected chi connectivity index (χ3v) is 8.06. The van der Waals surface area contributed by atoms with Gasteiger partial charge in [-0.15, -0.1) is 5.10 Å². The second-order valence-corrected chi connectivity index (χ2v) is 10.1. The number of benzene rings is 2. The standard InChI is InChI=1S/C27H29N5O2S/c1-5-27(6-2)15-18-9-7-8-10-20(18)23-22(27)24(34)32-25(29-23)31(4)30-26(32)35-16-21(33)28-19-13-11-17(3)12-14-19/h7-14H,5-6,15-16H2,1-4H3,(H,28,33). The molecule has 4 aromatic rings. The Morgan fingerprint density at radius 3 is 2.54 bits per heavy atom. The van der Waals surface area contributed by atoms with Gasteiger partial charge in [0.25, 0.3) is 5.56 Å². The first-order chi connectivity index (χ1) is 16.9. The average molecular weight is 488 g/mol. The molecule has 0 fully saturated rings. The van der Waals surface area contributed by atoms with E-state index in [1.165, 1.54) is 17.3 Å². The minimum absolute atomic E-state index is 0.0854. The van der Waals surface area contributed by atoms with Crippen molar-refractivity contribution >= 4 is 29.1 Å². The summed E-state index contributed by atoms with van der Waals surface area (Å²) in [7, 11) is 1.78. The second-order valence-electron chi connectivity index (χ2n) is 9.21. The van der Waals surface area contributed by atoms with Crippen LogP contribution in [0, 0.1) is 6.92 Å². The molecule has 2 aromatic carbocycles. The lowest BCUT2D eigenvalue weighted by atomic mass is 9.66. The molecule has 0 aliphatic heterocycles. The molecule has 0 radical (unpaired) electrons. The topological polar surface area (TPSA) is 81.3 Å². The fraction of sp³-hybridized carbons (Fsp3) is 0.333. The van der Waals surface area contributed by atoms with E-state index in [2.05, 4.69) is 30.3 Å². The van der Waals surface area contributed by atoms with Crippen LogP contribution in [-0.4, -0.2) is 30.8 Å². The first-order valence-corrected chi connectivity index (χ1v) is 12.9. The summed E-state index contributed by atoms with van der Waals surface area (Å²) in [5, 5.41) is 7.95. The zero-order valence-corrected chi connectivity index (χ0v) is 21.3. The number of fused-ring (bicyclic) bond motifs is 4. The van der Waals surface area contributed by atoms with E-state index in [1.807, 2.05) is 49.4 Å². The monoisotopic (exact) mass is 487 g/mol. The van der Waals surface area contributed by atoms with Gasteiger partial charge in [-0.3, -0.25) is 9.59 Å². The van der Waals surface area contributed by atoms with Gasteiger partial charge in [0.2, 0.25) is 11.7 Å². The summed E-state index contributed by atoms with van der Waals surface area (Å²) in [6, 6.07) is 15.9. The van der Waals surface area contributed by atoms with E-state index in [0.29, 0.717) is 10.9 Å². The highest BCUT2D eigenvalue weighted by Crippen LogP contribution is 2.44. The number of aromatic nitrogens is 4. The van der Waals surface area contributed by atoms with Crippen molar-refractivity contribution in [2.75, 3.05) is 11.1 Å². The second kappa shape index (κ2) is 9.00. The number of nitrogens with zero attached hydrogens (tertiary/aromatic N) is 4. The highest BCUT2D eigenvalue weighted by Gasteiger charge is 2.40. The Balaban J connectivity index is 1.55. The summed E-state index contributed by atoms with van der Waals surface area (Å²) in [5.41, 5.74) is 5.28. The molecule has 7 nitrogen and oxygen atoms in total. The van der Waals surface area contributed by atoms with Crippen molar-refractivity contribution in [1.29, 1.82) is 0 Å². The van der Waals surface area contributed by atoms with E-state index in [0.717, 1.165) is 47.3 Å². The van der Waals surface area contributed by atoms with Crippen molar-refractivity contribution in [3.63, 3.8) is 0 Å². The maximum Gasteiger partial charge on any atom is 0.265 e. The van der Waals surface area contributed by atoms with Gasteiger partial charge in [-0.25, -0.2) is 14.1 Å². The number of carbonyl (C=O) groups excluding carboxylic acids is 1. The summed E-state index contributed by atoms with van der Waals surface area (Å²) in [6.45, 7) is 6.29. The molecule has 0 saturated heterocycles. The van der Waals surface area contributed by atoms with Gasteiger partial charge in [-0.05, 0) is 43.9 Å². The molecular formula is C27H29N5O2S. The van der Waals surface area contributed by atoms with Crippen molar-refractivity contribution in [2.24, 2.45) is 7.05 Å². The van der Waals surface area contributed by atoms with Crippen LogP contribution in [0.2, 0.25) is 0 Å². The predicted octanol–water partition coefficient (Wildman–Crippen LogP) is 4.75. The van der Waals surface area contributed by atoms with Crippen LogP contribution < -0.4 is 10.9 Å². The Bertz CT molecular complexity index is 1480. The maximum atomic E-state index is 14.1. The Labute approximate surface area is 208 Å². The normalized spacial score (nSPS) is 13.9. The number of hydrogen-bond acceptors (Lipinski definition) is 5. The lowest BCUT2D eigenvalue weighted by Gasteiger charge is -2.37. The zero-order chi connectivity index (χ0) is 24.7. The highest BCUT2D eigenvalue weighted by atomic mass is 32.2. The van der Waals surface area contributed by atoms with Crippen molar-refractivity contribution in [3.05, 3.63) is 75.6 Å². The van der Waals surface area contributed by atoms with Crippen molar-refractivity contribution < 1.29 is 4.79 Å². The Hall–Kier alpha value is -3.39. The molecule has 1 aliphatic carbocycles. The van der Waals surface area contributed by atoms with Crippen LogP contribution in [0.5, 0.6) is 0 Å². The molecule has 0 spiro atoms. The molecule has 0 atom stereocenters. The number of anilines is 1. The summed E-state index contributed by atoms with van der Waals surface area (Å²) < 4.78 is 3.20. The number of carbonyl (C=O) groups is 1. The highest BCUT2D eigenvalue weighted by molar-refractivity contribution is 7.99. The molecule has 1 aliphatic rings. The molecule has 180 valence electrons. The van der Waals surface area contributed by atoms with Crippen LogP contribution in [0.3, 0.4) is 0 Å². The first kappa shape index (κ1) is 23.4. The molecule has 0 unspecified atom stereocenters. The summed E-state index contributed by atoms with van der Waals surface area (Å²) in [5.74, 6) is 0.467. The van der Waals surface area contributed by atoms with E-state index in [-0.39, 0.29) is 22.6 Å². The van der Waals surface area contributed by atoms with Gasteiger partial charge >= 0.3 is 0 Å². The van der Waals surface area contributed by atoms with E-state index >= 15 is 0 Å². The van der Waals surface area contributed by atoms with Crippen LogP contribution in [0.25, 0.3) is 17.0 Å². The molecule has 2 aromatic heterocycles. The van der Waals surface area contributed by atoms with Gasteiger partial charge in [0.05, 0.1) is 17.0 Å². The summed E-state index contributed by atoms with van der Waals surface area (Å²) in [4.78, 5) is 31.7. The minimum Gasteiger partial charge on any atom is -0.325 e. The number of amides is 1. The van der Waals surface area contributed by atoms with Crippen molar-refractivity contribution in [2.45, 2.75) is 50.6 Å². The van der Waals surface area contributed by atoms with Crippen LogP contribution in [0.15, 0.2) is 58.5 Å². The molecule has 1 N–H and O–H groups in total. The van der Waals surface area contributed by atoms with Crippen LogP contribution in [0.1, 0.15) is 43.4 Å². The number of nitrogens with one attached hydrogen (secondary N) is 1. The molecule has 1 amide bonds. The van der Waals surface area contributed by atoms with E-state index in [1.54, 1.807) is 16.1 Å². The molecule has 35 heavy (non-hydrogen) atoms. The predicted molar refractivity (Wildman–Crippen MR) is 140 cm³/mol. The maximum absolute atomic E-state index is 14.1. The molecule has 8 heteroatoms. The lowest BCUT2D eigenvalue weighted by Crippen LogP contribution is -2.39. The average Bonchev–Trinajstić information content (AvgIpc) is 3.19. The summed E-state index contributed by atoms with van der Waals surface area (Å²) in [6.07, 6.45) is 2.50. The van der Waals surface area contributed by atoms with Gasteiger partial charge < -0.3 is 5.32 Å². The van der Waals surface area contributed by atoms with Gasteiger partial charge in [0.1, 0.15) is 0 Å². The van der Waals surface area contributed by atoms with Gasteiger partial charge in [-0.1, -0.05) is 67.6 Å². The molecule has 2 heterocycles. The molecule has 5 rings (SSSR count). The van der Waals surface area contributed by atoms with Crippen LogP contribution >= 0.6 is 11.8 Å². The number of aryl methyl sites for hydroxylation is 2. The van der Waals surface area contributed by atoms with Gasteiger partial charge in [-0.2, -0.15) is 0 Å². The SMILES string of the molecule is CCC1(CC)Cc2ccccc2-c2nc3n(C)nc(SCC(=O)Nc4ccc(C)cc4)n3c(=O)c21. The lowest BCUT2D eigenvalue weighted by molar-refractivity contribution is -0.113. The number of rotatable bonds is 6. The molecule has 0 saturated carbocycles. The minimum atomic E-state index is -0.282. The first-order valence-electron chi connectivity index (χ1n) is 11.9. The smallest absolute Gasteiger partial charge is 0.265 e. The largest absolute Gasteiger partial charge is 0.325 e. The van der Waals surface area contributed by atoms with Gasteiger partial charge in [0.15, 0.2) is 5.16 Å². The fourth-order valence-electron chi connectivity index (χ4n) is 5.06. The number of thioether (sulfide) groups is 1. The quantitative estimate of drug-likeness (QED) is 0.397. The van der Waals surface area contributed by atoms with Crippen molar-refractivity contribution in [1.82, 2.24) is 19.2 Å². The van der Waals surface area contributed by atoms with E-state index < -0.39 is 0 Å². The number of hydrogen-bond donors (Lipinski definition) is 1. The Morgan fingerprint density at radius 2 is 1.83 bits per heavy atom. The van der Waals surface area contributed by atoms with E-state index in [4.69, 9.17) is 4.98 Å². The van der Waals surface area contributed by atoms with Crippen molar-refractivity contribution in [3.8, 4) is 11.3 Å². The molecule has 0 bridgehead atoms. The Morgan fingerprint density at radius 1 is 1.11 bits per heavy atom. The fourth-order valence-corrected chi connectivity index (χ4v) is 5.87. The van der Waals surface area contributed by atoms with Crippen LogP contribution in [0.4, 0.5) is 5.69 Å². The van der Waals surface area contributed by atoms with Gasteiger partial charge in [0, 0.05) is 23.7 Å². The van der Waals surface area contributed by atoms with E-state index in [9.17, 15) is 9.59 Å². The molecular weight excluding hydrogens is 458 g/mol. The Kier molecular flexibility index (Phi) is 6.01. The zero-order valence-electron chi connectivity index (χ0n) is 20.5.